The van der Waals surface area contributed by atoms with Crippen LogP contribution in [-0.2, 0) is 4.74 Å². The number of aliphatic hydroxyl groups is 1. The van der Waals surface area contributed by atoms with Gasteiger partial charge < -0.3 is 15.2 Å². The van der Waals surface area contributed by atoms with Gasteiger partial charge in [-0.25, -0.2) is 0 Å². The highest BCUT2D eigenvalue weighted by Crippen LogP contribution is 2.17. The number of ether oxygens (including phenoxy) is 1. The number of thioether (sulfide) groups is 1. The van der Waals surface area contributed by atoms with Crippen molar-refractivity contribution in [3.05, 3.63) is 35.9 Å². The molecule has 0 aromatic heterocycles. The first-order valence-electron chi connectivity index (χ1n) is 6.91. The standard InChI is InChI=1S/C15H23NO2S/c1-12(13-5-3-2-4-6-13)18-10-15(17)9-16-14-7-8-19-11-14/h2-6,12,14-17H,7-11H2,1H3/t12-,14+,15-/m0/s1. The van der Waals surface area contributed by atoms with Crippen LogP contribution < -0.4 is 5.32 Å². The number of aliphatic hydroxyl groups excluding tert-OH is 1. The molecule has 0 unspecified atom stereocenters. The van der Waals surface area contributed by atoms with Crippen molar-refractivity contribution in [2.24, 2.45) is 0 Å². The highest BCUT2D eigenvalue weighted by atomic mass is 32.2. The first kappa shape index (κ1) is 14.9. The van der Waals surface area contributed by atoms with Gasteiger partial charge in [-0.1, -0.05) is 30.3 Å². The summed E-state index contributed by atoms with van der Waals surface area (Å²) in [6.45, 7) is 3.01. The van der Waals surface area contributed by atoms with E-state index in [9.17, 15) is 5.11 Å². The summed E-state index contributed by atoms with van der Waals surface area (Å²) in [5.74, 6) is 2.39. The van der Waals surface area contributed by atoms with E-state index in [1.807, 2.05) is 49.0 Å². The molecule has 2 N–H and O–H groups in total. The van der Waals surface area contributed by atoms with E-state index in [1.54, 1.807) is 0 Å². The number of hydrogen-bond acceptors (Lipinski definition) is 4. The highest BCUT2D eigenvalue weighted by molar-refractivity contribution is 7.99. The fraction of sp³-hybridized carbons (Fsp3) is 0.600. The minimum Gasteiger partial charge on any atom is -0.389 e. The zero-order valence-electron chi connectivity index (χ0n) is 11.4. The molecule has 1 heterocycles. The Hall–Kier alpha value is -0.550. The van der Waals surface area contributed by atoms with Gasteiger partial charge in [-0.3, -0.25) is 0 Å². The molecule has 19 heavy (non-hydrogen) atoms. The summed E-state index contributed by atoms with van der Waals surface area (Å²) in [6.07, 6.45) is 0.799. The lowest BCUT2D eigenvalue weighted by Crippen LogP contribution is -2.37. The van der Waals surface area contributed by atoms with Crippen LogP contribution in [0.2, 0.25) is 0 Å². The Labute approximate surface area is 119 Å². The second kappa shape index (κ2) is 7.90. The fourth-order valence-electron chi connectivity index (χ4n) is 2.13. The van der Waals surface area contributed by atoms with Crippen LogP contribution in [0.1, 0.15) is 25.0 Å². The molecular weight excluding hydrogens is 258 g/mol. The average molecular weight is 281 g/mol. The van der Waals surface area contributed by atoms with Crippen molar-refractivity contribution in [3.8, 4) is 0 Å². The van der Waals surface area contributed by atoms with E-state index < -0.39 is 6.10 Å². The Kier molecular flexibility index (Phi) is 6.17. The van der Waals surface area contributed by atoms with E-state index in [2.05, 4.69) is 5.32 Å². The maximum absolute atomic E-state index is 9.91. The molecule has 0 amide bonds. The number of nitrogens with one attached hydrogen (secondary N) is 1. The summed E-state index contributed by atoms with van der Waals surface area (Å²) in [4.78, 5) is 0. The van der Waals surface area contributed by atoms with Crippen molar-refractivity contribution in [2.75, 3.05) is 24.7 Å². The van der Waals surface area contributed by atoms with Crippen LogP contribution in [0.25, 0.3) is 0 Å². The number of hydrogen-bond donors (Lipinski definition) is 2. The van der Waals surface area contributed by atoms with Crippen molar-refractivity contribution in [1.82, 2.24) is 5.32 Å². The van der Waals surface area contributed by atoms with Gasteiger partial charge in [0.25, 0.3) is 0 Å². The fourth-order valence-corrected chi connectivity index (χ4v) is 3.32. The molecule has 3 atom stereocenters. The van der Waals surface area contributed by atoms with Gasteiger partial charge in [0.1, 0.15) is 0 Å². The molecule has 1 fully saturated rings. The molecule has 1 saturated heterocycles. The predicted molar refractivity (Wildman–Crippen MR) is 80.5 cm³/mol. The summed E-state index contributed by atoms with van der Waals surface area (Å²) in [5, 5.41) is 13.3. The molecule has 1 aromatic carbocycles. The van der Waals surface area contributed by atoms with Crippen LogP contribution in [-0.4, -0.2) is 41.9 Å². The van der Waals surface area contributed by atoms with Crippen LogP contribution in [0.15, 0.2) is 30.3 Å². The summed E-state index contributed by atoms with van der Waals surface area (Å²) >= 11 is 1.97. The van der Waals surface area contributed by atoms with Crippen LogP contribution >= 0.6 is 11.8 Å². The van der Waals surface area contributed by atoms with Gasteiger partial charge in [-0.15, -0.1) is 0 Å². The molecule has 0 bridgehead atoms. The van der Waals surface area contributed by atoms with E-state index in [1.165, 1.54) is 12.2 Å². The molecule has 4 heteroatoms. The SMILES string of the molecule is C[C@H](OC[C@@H](O)CN[C@@H]1CCSC1)c1ccccc1. The molecule has 0 radical (unpaired) electrons. The first-order valence-corrected chi connectivity index (χ1v) is 8.07. The largest absolute Gasteiger partial charge is 0.389 e. The maximum Gasteiger partial charge on any atom is 0.0898 e. The van der Waals surface area contributed by atoms with Crippen molar-refractivity contribution in [2.45, 2.75) is 31.6 Å². The molecule has 1 aliphatic heterocycles. The van der Waals surface area contributed by atoms with Gasteiger partial charge in [0.15, 0.2) is 0 Å². The molecule has 1 aliphatic rings. The molecule has 3 nitrogen and oxygen atoms in total. The van der Waals surface area contributed by atoms with Gasteiger partial charge in [-0.05, 0) is 24.7 Å². The number of benzene rings is 1. The average Bonchev–Trinajstić information content (AvgIpc) is 2.96. The summed E-state index contributed by atoms with van der Waals surface area (Å²) in [6, 6.07) is 10.7. The van der Waals surface area contributed by atoms with Crippen molar-refractivity contribution < 1.29 is 9.84 Å². The zero-order chi connectivity index (χ0) is 13.5. The first-order chi connectivity index (χ1) is 9.25. The molecule has 0 aliphatic carbocycles. The van der Waals surface area contributed by atoms with Gasteiger partial charge in [0, 0.05) is 18.3 Å². The molecule has 106 valence electrons. The Bertz CT molecular complexity index is 354. The molecule has 1 aromatic rings. The second-order valence-electron chi connectivity index (χ2n) is 5.01. The molecule has 2 rings (SSSR count). The third-order valence-electron chi connectivity index (χ3n) is 3.38. The van der Waals surface area contributed by atoms with E-state index in [0.717, 1.165) is 11.3 Å². The van der Waals surface area contributed by atoms with E-state index in [4.69, 9.17) is 4.74 Å². The van der Waals surface area contributed by atoms with Crippen LogP contribution in [0.5, 0.6) is 0 Å². The molecule has 0 saturated carbocycles. The van der Waals surface area contributed by atoms with Crippen molar-refractivity contribution in [1.29, 1.82) is 0 Å². The van der Waals surface area contributed by atoms with E-state index in [0.29, 0.717) is 19.2 Å². The molecule has 0 spiro atoms. The lowest BCUT2D eigenvalue weighted by atomic mass is 10.1. The lowest BCUT2D eigenvalue weighted by molar-refractivity contribution is -0.00266. The van der Waals surface area contributed by atoms with Crippen molar-refractivity contribution in [3.63, 3.8) is 0 Å². The quantitative estimate of drug-likeness (QED) is 0.804. The lowest BCUT2D eigenvalue weighted by Gasteiger charge is -2.19. The summed E-state index contributed by atoms with van der Waals surface area (Å²) < 4.78 is 5.71. The summed E-state index contributed by atoms with van der Waals surface area (Å²) in [5.41, 5.74) is 1.15. The van der Waals surface area contributed by atoms with Gasteiger partial charge in [0.2, 0.25) is 0 Å². The van der Waals surface area contributed by atoms with E-state index >= 15 is 0 Å². The predicted octanol–water partition coefficient (Wildman–Crippen LogP) is 2.22. The van der Waals surface area contributed by atoms with Crippen LogP contribution in [0.4, 0.5) is 0 Å². The monoisotopic (exact) mass is 281 g/mol. The van der Waals surface area contributed by atoms with E-state index in [-0.39, 0.29) is 6.10 Å². The van der Waals surface area contributed by atoms with Gasteiger partial charge in [0.05, 0.1) is 18.8 Å². The Balaban J connectivity index is 1.64. The Morgan fingerprint density at radius 3 is 2.89 bits per heavy atom. The van der Waals surface area contributed by atoms with Crippen LogP contribution in [0, 0.1) is 0 Å². The van der Waals surface area contributed by atoms with Crippen LogP contribution in [0.3, 0.4) is 0 Å². The topological polar surface area (TPSA) is 41.5 Å². The molecular formula is C15H23NO2S. The number of rotatable bonds is 7. The Morgan fingerprint density at radius 2 is 2.21 bits per heavy atom. The third-order valence-corrected chi connectivity index (χ3v) is 4.54. The Morgan fingerprint density at radius 1 is 1.42 bits per heavy atom. The minimum atomic E-state index is -0.434. The summed E-state index contributed by atoms with van der Waals surface area (Å²) in [7, 11) is 0. The third kappa shape index (κ3) is 5.15. The zero-order valence-corrected chi connectivity index (χ0v) is 12.2. The normalized spacial score (nSPS) is 22.3. The van der Waals surface area contributed by atoms with Gasteiger partial charge >= 0.3 is 0 Å². The smallest absolute Gasteiger partial charge is 0.0898 e. The maximum atomic E-state index is 9.91. The highest BCUT2D eigenvalue weighted by Gasteiger charge is 2.16. The van der Waals surface area contributed by atoms with Crippen molar-refractivity contribution >= 4 is 11.8 Å². The van der Waals surface area contributed by atoms with Gasteiger partial charge in [-0.2, -0.15) is 11.8 Å². The second-order valence-corrected chi connectivity index (χ2v) is 6.16. The minimum absolute atomic E-state index is 0.0258.